The van der Waals surface area contributed by atoms with Crippen LogP contribution in [0.5, 0.6) is 11.5 Å². The Morgan fingerprint density at radius 1 is 0.660 bits per heavy atom. The molecule has 0 aliphatic carbocycles. The van der Waals surface area contributed by atoms with Crippen LogP contribution in [0.15, 0.2) is 122 Å². The summed E-state index contributed by atoms with van der Waals surface area (Å²) in [6.45, 7) is 6.44. The molecule has 11 rings (SSSR count). The van der Waals surface area contributed by atoms with Crippen molar-refractivity contribution < 1.29 is 25.8 Å². The van der Waals surface area contributed by atoms with Gasteiger partial charge in [0.1, 0.15) is 5.65 Å². The standard InChI is InChI=1S/C46H29N5O.Pt/c1-26-21-27(2)41(28(3)22-26)38-25-50-39-13-8-19-47-43(39)34-17-15-30(23-37(34)45(50)49-38)52-31-14-16-33-35-11-7-12-36-42-32(29-9-5-4-6-10-29)18-20-48-46(42)51(44(35)36)40(33)24-31;/h4-22,25H,1-3H3;/q-2;+2. The largest absolute Gasteiger partial charge is 2.00 e. The molecule has 0 aliphatic rings. The molecule has 0 aliphatic heterocycles. The summed E-state index contributed by atoms with van der Waals surface area (Å²) in [7, 11) is 0. The van der Waals surface area contributed by atoms with Crippen LogP contribution in [0.4, 0.5) is 0 Å². The monoisotopic (exact) mass is 862 g/mol. The van der Waals surface area contributed by atoms with Crippen LogP contribution in [-0.4, -0.2) is 23.8 Å². The van der Waals surface area contributed by atoms with E-state index in [4.69, 9.17) is 19.7 Å². The minimum atomic E-state index is 0. The van der Waals surface area contributed by atoms with Gasteiger partial charge in [-0.15, -0.1) is 23.6 Å². The maximum atomic E-state index is 6.59. The van der Waals surface area contributed by atoms with Crippen molar-refractivity contribution >= 4 is 65.7 Å². The molecular formula is C46H29N5OPt. The molecule has 0 unspecified atom stereocenters. The quantitative estimate of drug-likeness (QED) is 0.131. The second-order valence-electron chi connectivity index (χ2n) is 13.7. The second-order valence-corrected chi connectivity index (χ2v) is 13.7. The molecule has 5 aromatic carbocycles. The first-order valence-electron chi connectivity index (χ1n) is 17.4. The van der Waals surface area contributed by atoms with Gasteiger partial charge in [-0.1, -0.05) is 94.6 Å². The smallest absolute Gasteiger partial charge is 0.503 e. The van der Waals surface area contributed by atoms with Crippen LogP contribution < -0.4 is 4.74 Å². The number of aromatic nitrogens is 5. The summed E-state index contributed by atoms with van der Waals surface area (Å²) in [6.07, 6.45) is 5.86. The Hall–Kier alpha value is -6.10. The third kappa shape index (κ3) is 4.58. The second kappa shape index (κ2) is 11.7. The van der Waals surface area contributed by atoms with Gasteiger partial charge in [-0.2, -0.15) is 6.07 Å². The number of para-hydroxylation sites is 1. The number of pyridine rings is 3. The van der Waals surface area contributed by atoms with Crippen LogP contribution in [0.1, 0.15) is 16.7 Å². The average Bonchev–Trinajstić information content (AvgIpc) is 3.85. The number of hydrogen-bond donors (Lipinski definition) is 0. The van der Waals surface area contributed by atoms with Crippen LogP contribution in [-0.2, 0) is 21.1 Å². The third-order valence-electron chi connectivity index (χ3n) is 10.5. The number of rotatable bonds is 4. The fourth-order valence-electron chi connectivity index (χ4n) is 8.46. The van der Waals surface area contributed by atoms with E-state index in [0.29, 0.717) is 11.5 Å². The van der Waals surface area contributed by atoms with Gasteiger partial charge in [0, 0.05) is 51.9 Å². The molecule has 6 nitrogen and oxygen atoms in total. The molecule has 0 saturated heterocycles. The molecule has 6 aromatic heterocycles. The zero-order chi connectivity index (χ0) is 34.7. The number of imidazole rings is 1. The number of aryl methyl sites for hydroxylation is 3. The van der Waals surface area contributed by atoms with Gasteiger partial charge >= 0.3 is 21.1 Å². The summed E-state index contributed by atoms with van der Waals surface area (Å²) in [5, 5.41) is 6.41. The predicted octanol–water partition coefficient (Wildman–Crippen LogP) is 11.2. The maximum Gasteiger partial charge on any atom is 2.00 e. The minimum Gasteiger partial charge on any atom is -0.503 e. The molecule has 0 radical (unpaired) electrons. The Balaban J connectivity index is 0.00000349. The molecule has 11 aromatic rings. The van der Waals surface area contributed by atoms with Crippen molar-refractivity contribution in [3.05, 3.63) is 151 Å². The SMILES string of the molecule is Cc1cc(C)c(-c2cn3c4cccnc4c4ccc(Oc5[c-]c6c(cc5)c5cccc7c8c(-c9ccccc9)ccnc8n6c57)[c-]c4c3n2)c(C)c1.[Pt+2]. The van der Waals surface area contributed by atoms with E-state index in [1.54, 1.807) is 0 Å². The van der Waals surface area contributed by atoms with E-state index in [1.807, 2.05) is 36.7 Å². The summed E-state index contributed by atoms with van der Waals surface area (Å²) in [6, 6.07) is 43.0. The first kappa shape index (κ1) is 31.6. The summed E-state index contributed by atoms with van der Waals surface area (Å²) in [5.41, 5.74) is 13.7. The fourth-order valence-corrected chi connectivity index (χ4v) is 8.46. The fraction of sp³-hybridized carbons (Fsp3) is 0.0652. The molecule has 0 bridgehead atoms. The molecule has 0 atom stereocenters. The van der Waals surface area contributed by atoms with E-state index in [1.165, 1.54) is 33.0 Å². The van der Waals surface area contributed by atoms with E-state index in [-0.39, 0.29) is 21.1 Å². The summed E-state index contributed by atoms with van der Waals surface area (Å²) in [5.74, 6) is 1.18. The molecule has 7 heteroatoms. The third-order valence-corrected chi connectivity index (χ3v) is 10.5. The van der Waals surface area contributed by atoms with Crippen molar-refractivity contribution in [1.82, 2.24) is 23.8 Å². The zero-order valence-corrected chi connectivity index (χ0v) is 31.3. The summed E-state index contributed by atoms with van der Waals surface area (Å²) >= 11 is 0. The molecule has 53 heavy (non-hydrogen) atoms. The Morgan fingerprint density at radius 3 is 2.26 bits per heavy atom. The van der Waals surface area contributed by atoms with E-state index in [2.05, 4.69) is 127 Å². The van der Waals surface area contributed by atoms with Gasteiger partial charge in [0.2, 0.25) is 0 Å². The molecule has 0 saturated carbocycles. The Kier molecular flexibility index (Phi) is 6.98. The maximum absolute atomic E-state index is 6.59. The van der Waals surface area contributed by atoms with Crippen molar-refractivity contribution in [2.24, 2.45) is 0 Å². The zero-order valence-electron chi connectivity index (χ0n) is 29.0. The summed E-state index contributed by atoms with van der Waals surface area (Å²) < 4.78 is 11.0. The van der Waals surface area contributed by atoms with Gasteiger partial charge in [0.25, 0.3) is 0 Å². The van der Waals surface area contributed by atoms with E-state index in [9.17, 15) is 0 Å². The van der Waals surface area contributed by atoms with E-state index >= 15 is 0 Å². The molecular weight excluding hydrogens is 834 g/mol. The first-order chi connectivity index (χ1) is 25.5. The first-order valence-corrected chi connectivity index (χ1v) is 17.4. The normalized spacial score (nSPS) is 11.9. The Bertz CT molecular complexity index is 3230. The van der Waals surface area contributed by atoms with E-state index < -0.39 is 0 Å². The van der Waals surface area contributed by atoms with Crippen molar-refractivity contribution in [3.8, 4) is 33.9 Å². The van der Waals surface area contributed by atoms with Gasteiger partial charge in [-0.3, -0.25) is 9.97 Å². The minimum absolute atomic E-state index is 0. The van der Waals surface area contributed by atoms with Gasteiger partial charge in [-0.05, 0) is 66.6 Å². The Morgan fingerprint density at radius 2 is 1.43 bits per heavy atom. The molecule has 0 fully saturated rings. The molecule has 254 valence electrons. The molecule has 6 heterocycles. The van der Waals surface area contributed by atoms with Crippen molar-refractivity contribution in [1.29, 1.82) is 0 Å². The number of benzene rings is 5. The predicted molar refractivity (Wildman–Crippen MR) is 210 cm³/mol. The van der Waals surface area contributed by atoms with Gasteiger partial charge in [0.05, 0.1) is 22.4 Å². The average molecular weight is 863 g/mol. The summed E-state index contributed by atoms with van der Waals surface area (Å²) in [4.78, 5) is 15.0. The molecule has 0 spiro atoms. The van der Waals surface area contributed by atoms with Gasteiger partial charge in [-0.25, -0.2) is 4.98 Å². The van der Waals surface area contributed by atoms with Crippen LogP contribution >= 0.6 is 0 Å². The van der Waals surface area contributed by atoms with Crippen LogP contribution in [0.25, 0.3) is 88.1 Å². The van der Waals surface area contributed by atoms with Gasteiger partial charge < -0.3 is 13.5 Å². The topological polar surface area (TPSA) is 56.7 Å². The number of hydrogen-bond acceptors (Lipinski definition) is 4. The number of fused-ring (bicyclic) bond motifs is 12. The van der Waals surface area contributed by atoms with Crippen molar-refractivity contribution in [2.45, 2.75) is 20.8 Å². The van der Waals surface area contributed by atoms with Crippen molar-refractivity contribution in [2.75, 3.05) is 0 Å². The molecule has 0 amide bonds. The van der Waals surface area contributed by atoms with Crippen LogP contribution in [0.3, 0.4) is 0 Å². The van der Waals surface area contributed by atoms with Crippen LogP contribution in [0.2, 0.25) is 0 Å². The Labute approximate surface area is 318 Å². The van der Waals surface area contributed by atoms with E-state index in [0.717, 1.165) is 71.7 Å². The van der Waals surface area contributed by atoms with Gasteiger partial charge in [0.15, 0.2) is 0 Å². The number of nitrogens with zero attached hydrogens (tertiary/aromatic N) is 5. The number of ether oxygens (including phenoxy) is 1. The molecule has 0 N–H and O–H groups in total. The van der Waals surface area contributed by atoms with Crippen molar-refractivity contribution in [3.63, 3.8) is 0 Å². The van der Waals surface area contributed by atoms with Crippen LogP contribution in [0, 0.1) is 32.9 Å².